The zero-order valence-electron chi connectivity index (χ0n) is 14.6. The van der Waals surface area contributed by atoms with E-state index < -0.39 is 0 Å². The van der Waals surface area contributed by atoms with Crippen LogP contribution in [0.1, 0.15) is 25.8 Å². The standard InChI is InChI=1S/C19H25N3O.BrH/c1-4-22(5-2)18-8-6-17(7-9-18)20-19(23)12-15-21-13-10-16(3)11-14-21;/h6-11,13-14H,4-5,12,15H2,1-3H3;1H. The Bertz CT molecular complexity index is 622. The number of hydrogen-bond donors (Lipinski definition) is 1. The topological polar surface area (TPSA) is 36.2 Å². The number of halogens is 1. The molecule has 0 saturated carbocycles. The zero-order chi connectivity index (χ0) is 16.7. The third-order valence-corrected chi connectivity index (χ3v) is 3.93. The molecule has 1 aromatic heterocycles. The van der Waals surface area contributed by atoms with Gasteiger partial charge >= 0.3 is 0 Å². The number of anilines is 2. The predicted octanol–water partition coefficient (Wildman–Crippen LogP) is 0.162. The summed E-state index contributed by atoms with van der Waals surface area (Å²) >= 11 is 0. The van der Waals surface area contributed by atoms with Crippen LogP contribution in [0.25, 0.3) is 0 Å². The first kappa shape index (κ1) is 20.2. The summed E-state index contributed by atoms with van der Waals surface area (Å²) in [4.78, 5) is 14.3. The van der Waals surface area contributed by atoms with Gasteiger partial charge in [-0.2, -0.15) is 0 Å². The third-order valence-electron chi connectivity index (χ3n) is 3.93. The molecule has 1 aromatic carbocycles. The minimum atomic E-state index is 0. The van der Waals surface area contributed by atoms with Crippen molar-refractivity contribution in [2.45, 2.75) is 33.7 Å². The first-order valence-electron chi connectivity index (χ1n) is 8.23. The van der Waals surface area contributed by atoms with E-state index in [4.69, 9.17) is 0 Å². The van der Waals surface area contributed by atoms with Crippen LogP contribution >= 0.6 is 0 Å². The SMILES string of the molecule is CCN(CC)c1ccc(NC(=O)CC[n+]2ccc(C)cc2)cc1.[Br-]. The van der Waals surface area contributed by atoms with E-state index in [-0.39, 0.29) is 22.9 Å². The number of nitrogens with one attached hydrogen (secondary N) is 1. The molecular weight excluding hydrogens is 366 g/mol. The number of aromatic nitrogens is 1. The van der Waals surface area contributed by atoms with Gasteiger partial charge < -0.3 is 27.2 Å². The van der Waals surface area contributed by atoms with E-state index >= 15 is 0 Å². The number of rotatable bonds is 7. The molecule has 4 nitrogen and oxygen atoms in total. The summed E-state index contributed by atoms with van der Waals surface area (Å²) in [7, 11) is 0. The Labute approximate surface area is 155 Å². The Kier molecular flexibility index (Phi) is 8.47. The largest absolute Gasteiger partial charge is 1.00 e. The van der Waals surface area contributed by atoms with Gasteiger partial charge in [-0.05, 0) is 50.6 Å². The average molecular weight is 392 g/mol. The van der Waals surface area contributed by atoms with Gasteiger partial charge in [0.15, 0.2) is 18.9 Å². The minimum absolute atomic E-state index is 0. The first-order valence-corrected chi connectivity index (χ1v) is 8.23. The van der Waals surface area contributed by atoms with Crippen molar-refractivity contribution in [2.24, 2.45) is 0 Å². The molecule has 0 fully saturated rings. The Morgan fingerprint density at radius 3 is 2.17 bits per heavy atom. The van der Waals surface area contributed by atoms with Crippen LogP contribution in [0, 0.1) is 6.92 Å². The number of carbonyl (C=O) groups excluding carboxylic acids is 1. The maximum atomic E-state index is 12.0. The molecule has 0 aliphatic carbocycles. The molecule has 0 atom stereocenters. The molecule has 0 radical (unpaired) electrons. The summed E-state index contributed by atoms with van der Waals surface area (Å²) in [6.45, 7) is 8.98. The number of nitrogens with zero attached hydrogens (tertiary/aromatic N) is 2. The van der Waals surface area contributed by atoms with Gasteiger partial charge in [-0.15, -0.1) is 0 Å². The van der Waals surface area contributed by atoms with Crippen molar-refractivity contribution in [1.82, 2.24) is 0 Å². The van der Waals surface area contributed by atoms with E-state index in [0.29, 0.717) is 13.0 Å². The lowest BCUT2D eigenvalue weighted by Crippen LogP contribution is -3.00. The highest BCUT2D eigenvalue weighted by molar-refractivity contribution is 5.90. The molecule has 1 heterocycles. The molecule has 24 heavy (non-hydrogen) atoms. The van der Waals surface area contributed by atoms with E-state index in [0.717, 1.165) is 18.8 Å². The van der Waals surface area contributed by atoms with E-state index in [1.54, 1.807) is 0 Å². The Morgan fingerprint density at radius 1 is 1.04 bits per heavy atom. The van der Waals surface area contributed by atoms with Crippen molar-refractivity contribution in [3.05, 3.63) is 54.4 Å². The fraction of sp³-hybridized carbons (Fsp3) is 0.368. The van der Waals surface area contributed by atoms with Gasteiger partial charge in [-0.25, -0.2) is 4.57 Å². The van der Waals surface area contributed by atoms with Crippen molar-refractivity contribution in [3.63, 3.8) is 0 Å². The van der Waals surface area contributed by atoms with Crippen LogP contribution in [-0.4, -0.2) is 19.0 Å². The quantitative estimate of drug-likeness (QED) is 0.682. The highest BCUT2D eigenvalue weighted by atomic mass is 79.9. The van der Waals surface area contributed by atoms with Gasteiger partial charge in [0.1, 0.15) is 0 Å². The van der Waals surface area contributed by atoms with Gasteiger partial charge in [-0.1, -0.05) is 0 Å². The Morgan fingerprint density at radius 2 is 1.62 bits per heavy atom. The predicted molar refractivity (Wildman–Crippen MR) is 94.6 cm³/mol. The van der Waals surface area contributed by atoms with Crippen LogP contribution in [0.4, 0.5) is 11.4 Å². The fourth-order valence-corrected chi connectivity index (χ4v) is 2.48. The number of aryl methyl sites for hydroxylation is 2. The second-order valence-corrected chi connectivity index (χ2v) is 5.63. The third kappa shape index (κ3) is 5.96. The second-order valence-electron chi connectivity index (χ2n) is 5.63. The maximum absolute atomic E-state index is 12.0. The molecule has 0 saturated heterocycles. The summed E-state index contributed by atoms with van der Waals surface area (Å²) in [5, 5.41) is 2.95. The number of pyridine rings is 1. The zero-order valence-corrected chi connectivity index (χ0v) is 16.2. The molecule has 5 heteroatoms. The van der Waals surface area contributed by atoms with Crippen molar-refractivity contribution < 1.29 is 26.3 Å². The molecule has 0 aliphatic heterocycles. The van der Waals surface area contributed by atoms with Gasteiger partial charge in [0.25, 0.3) is 0 Å². The van der Waals surface area contributed by atoms with Crippen molar-refractivity contribution in [3.8, 4) is 0 Å². The molecule has 0 aliphatic rings. The number of amides is 1. The molecule has 2 rings (SSSR count). The molecule has 0 bridgehead atoms. The smallest absolute Gasteiger partial charge is 0.230 e. The normalized spacial score (nSPS) is 9.96. The fourth-order valence-electron chi connectivity index (χ4n) is 2.48. The van der Waals surface area contributed by atoms with Gasteiger partial charge in [0.2, 0.25) is 5.91 Å². The summed E-state index contributed by atoms with van der Waals surface area (Å²) in [6.07, 6.45) is 4.47. The lowest BCUT2D eigenvalue weighted by molar-refractivity contribution is -0.695. The summed E-state index contributed by atoms with van der Waals surface area (Å²) in [6, 6.07) is 12.1. The van der Waals surface area contributed by atoms with Crippen molar-refractivity contribution in [1.29, 1.82) is 0 Å². The molecule has 2 aromatic rings. The van der Waals surface area contributed by atoms with E-state index in [9.17, 15) is 4.79 Å². The number of carbonyl (C=O) groups is 1. The first-order chi connectivity index (χ1) is 11.1. The van der Waals surface area contributed by atoms with Gasteiger partial charge in [0, 0.05) is 36.6 Å². The van der Waals surface area contributed by atoms with Crippen LogP contribution in [0.15, 0.2) is 48.8 Å². The molecule has 1 N–H and O–H groups in total. The van der Waals surface area contributed by atoms with E-state index in [1.807, 2.05) is 41.2 Å². The highest BCUT2D eigenvalue weighted by Crippen LogP contribution is 2.17. The van der Waals surface area contributed by atoms with Crippen LogP contribution in [0.2, 0.25) is 0 Å². The maximum Gasteiger partial charge on any atom is 0.230 e. The van der Waals surface area contributed by atoms with Gasteiger partial charge in [0.05, 0.1) is 6.42 Å². The lowest BCUT2D eigenvalue weighted by Gasteiger charge is -2.21. The van der Waals surface area contributed by atoms with Crippen LogP contribution in [0.5, 0.6) is 0 Å². The lowest BCUT2D eigenvalue weighted by atomic mass is 10.2. The monoisotopic (exact) mass is 391 g/mol. The molecular formula is C19H26BrN3O. The van der Waals surface area contributed by atoms with E-state index in [2.05, 4.69) is 43.1 Å². The number of hydrogen-bond acceptors (Lipinski definition) is 2. The average Bonchev–Trinajstić information content (AvgIpc) is 2.57. The summed E-state index contributed by atoms with van der Waals surface area (Å²) in [5.41, 5.74) is 3.25. The van der Waals surface area contributed by atoms with Crippen molar-refractivity contribution in [2.75, 3.05) is 23.3 Å². The highest BCUT2D eigenvalue weighted by Gasteiger charge is 2.07. The Hall–Kier alpha value is -1.88. The molecule has 1 amide bonds. The van der Waals surface area contributed by atoms with Crippen molar-refractivity contribution >= 4 is 17.3 Å². The van der Waals surface area contributed by atoms with Crippen LogP contribution in [0.3, 0.4) is 0 Å². The van der Waals surface area contributed by atoms with Gasteiger partial charge in [-0.3, -0.25) is 4.79 Å². The van der Waals surface area contributed by atoms with Crippen LogP contribution < -0.4 is 31.8 Å². The minimum Gasteiger partial charge on any atom is -1.00 e. The summed E-state index contributed by atoms with van der Waals surface area (Å²) in [5.74, 6) is 0.0358. The number of benzene rings is 1. The summed E-state index contributed by atoms with van der Waals surface area (Å²) < 4.78 is 2.02. The molecule has 0 unspecified atom stereocenters. The Balaban J connectivity index is 0.00000288. The second kappa shape index (κ2) is 10.1. The molecule has 130 valence electrons. The molecule has 0 spiro atoms. The van der Waals surface area contributed by atoms with E-state index in [1.165, 1.54) is 11.3 Å². The van der Waals surface area contributed by atoms with Crippen LogP contribution in [-0.2, 0) is 11.3 Å².